The highest BCUT2D eigenvalue weighted by Crippen LogP contribution is 2.15. The molecule has 2 amide bonds. The molecule has 0 aliphatic carbocycles. The summed E-state index contributed by atoms with van der Waals surface area (Å²) in [5.74, 6) is -2.07. The maximum Gasteiger partial charge on any atom is 0.308 e. The zero-order valence-electron chi connectivity index (χ0n) is 14.8. The highest BCUT2D eigenvalue weighted by Gasteiger charge is 2.22. The fourth-order valence-electron chi connectivity index (χ4n) is 2.51. The van der Waals surface area contributed by atoms with Gasteiger partial charge < -0.3 is 15.3 Å². The van der Waals surface area contributed by atoms with Crippen LogP contribution in [0.4, 0.5) is 5.69 Å². The minimum absolute atomic E-state index is 0.108. The van der Waals surface area contributed by atoms with Crippen molar-refractivity contribution >= 4 is 23.5 Å². The molecule has 136 valence electrons. The van der Waals surface area contributed by atoms with Crippen LogP contribution >= 0.6 is 0 Å². The lowest BCUT2D eigenvalue weighted by molar-refractivity contribution is -0.141. The van der Waals surface area contributed by atoms with Gasteiger partial charge in [-0.3, -0.25) is 14.4 Å². The molecule has 2 aromatic carbocycles. The third-order valence-electron chi connectivity index (χ3n) is 3.87. The van der Waals surface area contributed by atoms with Gasteiger partial charge in [-0.05, 0) is 29.8 Å². The molecular weight excluding hydrogens is 332 g/mol. The molecule has 1 atom stereocenters. The molecule has 0 radical (unpaired) electrons. The van der Waals surface area contributed by atoms with E-state index >= 15 is 0 Å². The molecule has 2 aromatic rings. The average Bonchev–Trinajstić information content (AvgIpc) is 2.61. The van der Waals surface area contributed by atoms with E-state index in [4.69, 9.17) is 0 Å². The van der Waals surface area contributed by atoms with Crippen molar-refractivity contribution < 1.29 is 19.5 Å². The number of rotatable bonds is 7. The molecule has 1 unspecified atom stereocenters. The highest BCUT2D eigenvalue weighted by atomic mass is 16.4. The van der Waals surface area contributed by atoms with Crippen LogP contribution in [0.3, 0.4) is 0 Å². The van der Waals surface area contributed by atoms with Crippen LogP contribution in [0.2, 0.25) is 0 Å². The SMILES string of the molecule is CC(=O)Nc1ccc(C(=O)N(Cc2ccccc2)CC(C)C(=O)O)cc1. The largest absolute Gasteiger partial charge is 0.481 e. The van der Waals surface area contributed by atoms with Crippen LogP contribution in [0.5, 0.6) is 0 Å². The van der Waals surface area contributed by atoms with Crippen LogP contribution in [-0.4, -0.2) is 34.3 Å². The molecule has 0 heterocycles. The lowest BCUT2D eigenvalue weighted by Gasteiger charge is -2.25. The van der Waals surface area contributed by atoms with Gasteiger partial charge in [0.1, 0.15) is 0 Å². The second-order valence-electron chi connectivity index (χ2n) is 6.17. The van der Waals surface area contributed by atoms with Gasteiger partial charge in [0.05, 0.1) is 5.92 Å². The van der Waals surface area contributed by atoms with Gasteiger partial charge in [0, 0.05) is 31.3 Å². The Hall–Kier alpha value is -3.15. The van der Waals surface area contributed by atoms with Gasteiger partial charge in [0.15, 0.2) is 0 Å². The second-order valence-corrected chi connectivity index (χ2v) is 6.17. The molecule has 0 aliphatic rings. The molecule has 2 N–H and O–H groups in total. The van der Waals surface area contributed by atoms with Crippen molar-refractivity contribution in [3.05, 3.63) is 65.7 Å². The van der Waals surface area contributed by atoms with Crippen molar-refractivity contribution in [1.82, 2.24) is 4.90 Å². The zero-order valence-corrected chi connectivity index (χ0v) is 14.8. The van der Waals surface area contributed by atoms with Crippen LogP contribution in [0, 0.1) is 5.92 Å². The van der Waals surface area contributed by atoms with Gasteiger partial charge in [0.2, 0.25) is 5.91 Å². The van der Waals surface area contributed by atoms with Crippen LogP contribution in [-0.2, 0) is 16.1 Å². The van der Waals surface area contributed by atoms with E-state index in [-0.39, 0.29) is 18.4 Å². The van der Waals surface area contributed by atoms with E-state index in [1.807, 2.05) is 30.3 Å². The number of benzene rings is 2. The van der Waals surface area contributed by atoms with Crippen molar-refractivity contribution in [3.63, 3.8) is 0 Å². The number of hydrogen-bond donors (Lipinski definition) is 2. The normalized spacial score (nSPS) is 11.5. The summed E-state index contributed by atoms with van der Waals surface area (Å²) in [6.07, 6.45) is 0. The van der Waals surface area contributed by atoms with Crippen molar-refractivity contribution in [3.8, 4) is 0 Å². The predicted octanol–water partition coefficient (Wildman–Crippen LogP) is 3.01. The smallest absolute Gasteiger partial charge is 0.308 e. The molecule has 0 aromatic heterocycles. The minimum Gasteiger partial charge on any atom is -0.481 e. The van der Waals surface area contributed by atoms with Crippen LogP contribution < -0.4 is 5.32 Å². The Balaban J connectivity index is 2.20. The van der Waals surface area contributed by atoms with Crippen molar-refractivity contribution in [2.45, 2.75) is 20.4 Å². The lowest BCUT2D eigenvalue weighted by Crippen LogP contribution is -2.36. The molecule has 26 heavy (non-hydrogen) atoms. The van der Waals surface area contributed by atoms with Crippen LogP contribution in [0.15, 0.2) is 54.6 Å². The van der Waals surface area contributed by atoms with E-state index < -0.39 is 11.9 Å². The Morgan fingerprint density at radius 1 is 1.04 bits per heavy atom. The van der Waals surface area contributed by atoms with Gasteiger partial charge in [0.25, 0.3) is 5.91 Å². The quantitative estimate of drug-likeness (QED) is 0.800. The fourth-order valence-corrected chi connectivity index (χ4v) is 2.51. The Bertz CT molecular complexity index is 772. The van der Waals surface area contributed by atoms with Crippen LogP contribution in [0.1, 0.15) is 29.8 Å². The topological polar surface area (TPSA) is 86.7 Å². The van der Waals surface area contributed by atoms with Crippen LogP contribution in [0.25, 0.3) is 0 Å². The van der Waals surface area contributed by atoms with Crippen molar-refractivity contribution in [2.24, 2.45) is 5.92 Å². The van der Waals surface area contributed by atoms with E-state index in [0.717, 1.165) is 5.56 Å². The number of aliphatic carboxylic acids is 1. The zero-order chi connectivity index (χ0) is 19.1. The molecule has 0 spiro atoms. The molecule has 0 fully saturated rings. The fraction of sp³-hybridized carbons (Fsp3) is 0.250. The van der Waals surface area contributed by atoms with Gasteiger partial charge in [-0.15, -0.1) is 0 Å². The first-order chi connectivity index (χ1) is 12.4. The van der Waals surface area contributed by atoms with E-state index in [0.29, 0.717) is 17.8 Å². The first kappa shape index (κ1) is 19.2. The van der Waals surface area contributed by atoms with E-state index in [1.165, 1.54) is 11.8 Å². The summed E-state index contributed by atoms with van der Waals surface area (Å²) < 4.78 is 0. The maximum atomic E-state index is 12.9. The number of amides is 2. The molecule has 2 rings (SSSR count). The predicted molar refractivity (Wildman–Crippen MR) is 98.7 cm³/mol. The second kappa shape index (κ2) is 8.80. The van der Waals surface area contributed by atoms with E-state index in [9.17, 15) is 19.5 Å². The summed E-state index contributed by atoms with van der Waals surface area (Å²) in [7, 11) is 0. The first-order valence-electron chi connectivity index (χ1n) is 8.30. The monoisotopic (exact) mass is 354 g/mol. The Morgan fingerprint density at radius 3 is 2.19 bits per heavy atom. The summed E-state index contributed by atoms with van der Waals surface area (Å²) >= 11 is 0. The number of nitrogens with zero attached hydrogens (tertiary/aromatic N) is 1. The highest BCUT2D eigenvalue weighted by molar-refractivity contribution is 5.95. The summed E-state index contributed by atoms with van der Waals surface area (Å²) in [6.45, 7) is 3.42. The molecule has 6 nitrogen and oxygen atoms in total. The Kier molecular flexibility index (Phi) is 6.49. The van der Waals surface area contributed by atoms with Crippen molar-refractivity contribution in [1.29, 1.82) is 0 Å². The van der Waals surface area contributed by atoms with E-state index in [2.05, 4.69) is 5.32 Å². The average molecular weight is 354 g/mol. The third kappa shape index (κ3) is 5.44. The number of hydrogen-bond acceptors (Lipinski definition) is 3. The summed E-state index contributed by atoms with van der Waals surface area (Å²) in [5.41, 5.74) is 1.96. The van der Waals surface area contributed by atoms with Gasteiger partial charge >= 0.3 is 5.97 Å². The third-order valence-corrected chi connectivity index (χ3v) is 3.87. The number of carbonyl (C=O) groups excluding carboxylic acids is 2. The summed E-state index contributed by atoms with van der Waals surface area (Å²) in [5, 5.41) is 11.8. The van der Waals surface area contributed by atoms with E-state index in [1.54, 1.807) is 31.2 Å². The molecular formula is C20H22N2O4. The molecule has 0 saturated carbocycles. The summed E-state index contributed by atoms with van der Waals surface area (Å²) in [6, 6.07) is 16.0. The van der Waals surface area contributed by atoms with Gasteiger partial charge in [-0.2, -0.15) is 0 Å². The lowest BCUT2D eigenvalue weighted by atomic mass is 10.1. The first-order valence-corrected chi connectivity index (χ1v) is 8.30. The maximum absolute atomic E-state index is 12.9. The summed E-state index contributed by atoms with van der Waals surface area (Å²) in [4.78, 5) is 36.7. The number of carboxylic acid groups (broad SMARTS) is 1. The minimum atomic E-state index is -0.947. The number of nitrogens with one attached hydrogen (secondary N) is 1. The Labute approximate surface area is 152 Å². The molecule has 0 saturated heterocycles. The Morgan fingerprint density at radius 2 is 1.65 bits per heavy atom. The standard InChI is InChI=1S/C20H22N2O4/c1-14(20(25)26)12-22(13-16-6-4-3-5-7-16)19(24)17-8-10-18(11-9-17)21-15(2)23/h3-11,14H,12-13H2,1-2H3,(H,21,23)(H,25,26). The van der Waals surface area contributed by atoms with Crippen molar-refractivity contribution in [2.75, 3.05) is 11.9 Å². The van der Waals surface area contributed by atoms with Gasteiger partial charge in [-0.1, -0.05) is 37.3 Å². The molecule has 0 aliphatic heterocycles. The number of carboxylic acids is 1. The number of carbonyl (C=O) groups is 3. The number of anilines is 1. The molecule has 6 heteroatoms. The molecule has 0 bridgehead atoms. The van der Waals surface area contributed by atoms with Gasteiger partial charge in [-0.25, -0.2) is 0 Å².